The number of hydrogen-bond acceptors (Lipinski definition) is 5. The maximum atomic E-state index is 11.7. The number of rotatable bonds is 6. The zero-order chi connectivity index (χ0) is 15.2. The highest BCUT2D eigenvalue weighted by atomic mass is 16.6. The number of anilines is 1. The van der Waals surface area contributed by atoms with Crippen LogP contribution < -0.4 is 20.5 Å². The zero-order valence-corrected chi connectivity index (χ0v) is 12.6. The number of ether oxygens (including phenoxy) is 2. The molecule has 0 radical (unpaired) electrons. The van der Waals surface area contributed by atoms with E-state index >= 15 is 0 Å². The fraction of sp³-hybridized carbons (Fsp3) is 0.533. The lowest BCUT2D eigenvalue weighted by Gasteiger charge is -2.23. The van der Waals surface area contributed by atoms with Gasteiger partial charge < -0.3 is 20.5 Å². The van der Waals surface area contributed by atoms with Crippen molar-refractivity contribution in [2.75, 3.05) is 38.6 Å². The summed E-state index contributed by atoms with van der Waals surface area (Å²) in [4.78, 5) is 13.7. The quantitative estimate of drug-likeness (QED) is 0.765. The molecule has 1 heterocycles. The van der Waals surface area contributed by atoms with Crippen molar-refractivity contribution < 1.29 is 14.3 Å². The number of nitrogens with one attached hydrogen (secondary N) is 1. The summed E-state index contributed by atoms with van der Waals surface area (Å²) < 4.78 is 11.1. The van der Waals surface area contributed by atoms with Crippen molar-refractivity contribution in [3.63, 3.8) is 0 Å². The number of fused-ring (bicyclic) bond motifs is 1. The first-order valence-electron chi connectivity index (χ1n) is 7.31. The van der Waals surface area contributed by atoms with Gasteiger partial charge in [0.05, 0.1) is 6.54 Å². The summed E-state index contributed by atoms with van der Waals surface area (Å²) in [6.45, 7) is 7.40. The SMILES string of the molecule is CCNC(=O)CN(CC)Cc1cc2c(cc1N)OCCO2. The van der Waals surface area contributed by atoms with E-state index in [0.29, 0.717) is 44.3 Å². The molecule has 1 amide bonds. The lowest BCUT2D eigenvalue weighted by Crippen LogP contribution is -2.36. The van der Waals surface area contributed by atoms with Gasteiger partial charge in [0.15, 0.2) is 11.5 Å². The van der Waals surface area contributed by atoms with Gasteiger partial charge >= 0.3 is 0 Å². The van der Waals surface area contributed by atoms with Gasteiger partial charge in [-0.2, -0.15) is 0 Å². The molecule has 1 aromatic carbocycles. The van der Waals surface area contributed by atoms with Crippen molar-refractivity contribution in [1.29, 1.82) is 0 Å². The smallest absolute Gasteiger partial charge is 0.234 e. The van der Waals surface area contributed by atoms with E-state index in [9.17, 15) is 4.79 Å². The fourth-order valence-corrected chi connectivity index (χ4v) is 2.26. The van der Waals surface area contributed by atoms with E-state index in [0.717, 1.165) is 17.9 Å². The van der Waals surface area contributed by atoms with Gasteiger partial charge in [0.25, 0.3) is 0 Å². The number of carbonyl (C=O) groups is 1. The van der Waals surface area contributed by atoms with Gasteiger partial charge in [0.2, 0.25) is 5.91 Å². The second-order valence-corrected chi connectivity index (χ2v) is 4.95. The number of nitrogen functional groups attached to an aromatic ring is 1. The van der Waals surface area contributed by atoms with E-state index in [2.05, 4.69) is 5.32 Å². The molecule has 116 valence electrons. The van der Waals surface area contributed by atoms with Crippen molar-refractivity contribution in [3.8, 4) is 11.5 Å². The Labute approximate surface area is 125 Å². The molecule has 0 saturated carbocycles. The molecule has 2 rings (SSSR count). The predicted molar refractivity (Wildman–Crippen MR) is 81.5 cm³/mol. The normalized spacial score (nSPS) is 13.3. The molecule has 0 atom stereocenters. The van der Waals surface area contributed by atoms with Gasteiger partial charge in [0, 0.05) is 24.8 Å². The van der Waals surface area contributed by atoms with Crippen LogP contribution in [0.1, 0.15) is 19.4 Å². The van der Waals surface area contributed by atoms with Gasteiger partial charge in [-0.05, 0) is 25.1 Å². The number of benzene rings is 1. The van der Waals surface area contributed by atoms with E-state index in [1.54, 1.807) is 6.07 Å². The van der Waals surface area contributed by atoms with Crippen molar-refractivity contribution in [1.82, 2.24) is 10.2 Å². The van der Waals surface area contributed by atoms with Crippen LogP contribution in [0.5, 0.6) is 11.5 Å². The number of likely N-dealkylation sites (N-methyl/N-ethyl adjacent to an activating group) is 2. The highest BCUT2D eigenvalue weighted by molar-refractivity contribution is 5.78. The monoisotopic (exact) mass is 293 g/mol. The molecule has 21 heavy (non-hydrogen) atoms. The highest BCUT2D eigenvalue weighted by Crippen LogP contribution is 2.34. The standard InChI is InChI=1S/C15H23N3O3/c1-3-17-15(19)10-18(4-2)9-11-7-13-14(8-12(11)16)21-6-5-20-13/h7-8H,3-6,9-10,16H2,1-2H3,(H,17,19). The van der Waals surface area contributed by atoms with Crippen LogP contribution >= 0.6 is 0 Å². The second kappa shape index (κ2) is 7.17. The van der Waals surface area contributed by atoms with Crippen LogP contribution in [-0.4, -0.2) is 43.7 Å². The molecular weight excluding hydrogens is 270 g/mol. The average Bonchev–Trinajstić information content (AvgIpc) is 2.47. The molecule has 1 aromatic rings. The van der Waals surface area contributed by atoms with E-state index in [1.807, 2.05) is 24.8 Å². The predicted octanol–water partition coefficient (Wildman–Crippen LogP) is 0.998. The van der Waals surface area contributed by atoms with E-state index in [-0.39, 0.29) is 5.91 Å². The Hall–Kier alpha value is -1.95. The summed E-state index contributed by atoms with van der Waals surface area (Å²) in [5, 5.41) is 2.80. The molecule has 6 heteroatoms. The molecule has 0 aromatic heterocycles. The van der Waals surface area contributed by atoms with E-state index in [4.69, 9.17) is 15.2 Å². The third kappa shape index (κ3) is 4.01. The molecular formula is C15H23N3O3. The summed E-state index contributed by atoms with van der Waals surface area (Å²) in [5.74, 6) is 1.43. The molecule has 0 bridgehead atoms. The minimum absolute atomic E-state index is 0.0236. The van der Waals surface area contributed by atoms with Crippen LogP contribution in [0.25, 0.3) is 0 Å². The Balaban J connectivity index is 2.08. The fourth-order valence-electron chi connectivity index (χ4n) is 2.26. The van der Waals surface area contributed by atoms with Crippen LogP contribution in [0.3, 0.4) is 0 Å². The van der Waals surface area contributed by atoms with Crippen LogP contribution in [0.2, 0.25) is 0 Å². The van der Waals surface area contributed by atoms with Crippen LogP contribution in [0.15, 0.2) is 12.1 Å². The van der Waals surface area contributed by atoms with Gasteiger partial charge in [-0.15, -0.1) is 0 Å². The first-order chi connectivity index (χ1) is 10.1. The van der Waals surface area contributed by atoms with E-state index < -0.39 is 0 Å². The zero-order valence-electron chi connectivity index (χ0n) is 12.6. The van der Waals surface area contributed by atoms with Crippen LogP contribution in [0.4, 0.5) is 5.69 Å². The summed E-state index contributed by atoms with van der Waals surface area (Å²) >= 11 is 0. The van der Waals surface area contributed by atoms with Gasteiger partial charge in [0.1, 0.15) is 13.2 Å². The number of hydrogen-bond donors (Lipinski definition) is 2. The highest BCUT2D eigenvalue weighted by Gasteiger charge is 2.17. The van der Waals surface area contributed by atoms with Gasteiger partial charge in [-0.1, -0.05) is 6.92 Å². The Morgan fingerprint density at radius 1 is 1.29 bits per heavy atom. The van der Waals surface area contributed by atoms with Crippen molar-refractivity contribution >= 4 is 11.6 Å². The molecule has 3 N–H and O–H groups in total. The largest absolute Gasteiger partial charge is 0.486 e. The third-order valence-corrected chi connectivity index (χ3v) is 3.39. The third-order valence-electron chi connectivity index (χ3n) is 3.39. The van der Waals surface area contributed by atoms with Gasteiger partial charge in [-0.3, -0.25) is 9.69 Å². The second-order valence-electron chi connectivity index (χ2n) is 4.95. The molecule has 0 saturated heterocycles. The maximum Gasteiger partial charge on any atom is 0.234 e. The maximum absolute atomic E-state index is 11.7. The lowest BCUT2D eigenvalue weighted by atomic mass is 10.1. The molecule has 0 unspecified atom stereocenters. The molecule has 1 aliphatic rings. The Kier molecular flexibility index (Phi) is 5.27. The molecule has 1 aliphatic heterocycles. The topological polar surface area (TPSA) is 76.8 Å². The van der Waals surface area contributed by atoms with Crippen LogP contribution in [0, 0.1) is 0 Å². The Bertz CT molecular complexity index is 505. The summed E-state index contributed by atoms with van der Waals surface area (Å²) in [6.07, 6.45) is 0. The number of nitrogens with zero attached hydrogens (tertiary/aromatic N) is 1. The molecule has 0 aliphatic carbocycles. The summed E-state index contributed by atoms with van der Waals surface area (Å²) in [7, 11) is 0. The summed E-state index contributed by atoms with van der Waals surface area (Å²) in [6, 6.07) is 3.70. The van der Waals surface area contributed by atoms with Crippen molar-refractivity contribution in [2.24, 2.45) is 0 Å². The first kappa shape index (κ1) is 15.4. The van der Waals surface area contributed by atoms with Crippen LogP contribution in [-0.2, 0) is 11.3 Å². The first-order valence-corrected chi connectivity index (χ1v) is 7.31. The Morgan fingerprint density at radius 3 is 2.57 bits per heavy atom. The lowest BCUT2D eigenvalue weighted by molar-refractivity contribution is -0.122. The van der Waals surface area contributed by atoms with Gasteiger partial charge in [-0.25, -0.2) is 0 Å². The molecule has 6 nitrogen and oxygen atoms in total. The average molecular weight is 293 g/mol. The molecule has 0 fully saturated rings. The number of amides is 1. The van der Waals surface area contributed by atoms with Crippen molar-refractivity contribution in [2.45, 2.75) is 20.4 Å². The summed E-state index contributed by atoms with van der Waals surface area (Å²) in [5.41, 5.74) is 7.68. The van der Waals surface area contributed by atoms with Crippen molar-refractivity contribution in [3.05, 3.63) is 17.7 Å². The Morgan fingerprint density at radius 2 is 1.95 bits per heavy atom. The number of carbonyl (C=O) groups excluding carboxylic acids is 1. The van der Waals surface area contributed by atoms with E-state index in [1.165, 1.54) is 0 Å². The minimum atomic E-state index is 0.0236. The number of nitrogens with two attached hydrogens (primary N) is 1. The minimum Gasteiger partial charge on any atom is -0.486 e. The molecule has 0 spiro atoms.